The number of benzene rings is 2. The molecule has 2 N–H and O–H groups in total. The minimum Gasteiger partial charge on any atom is -0.378 e. The summed E-state index contributed by atoms with van der Waals surface area (Å²) in [6.45, 7) is 10.2. The third kappa shape index (κ3) is 5.35. The van der Waals surface area contributed by atoms with Gasteiger partial charge in [0.2, 0.25) is 0 Å². The number of ether oxygens (including phenoxy) is 1. The Kier molecular flexibility index (Phi) is 7.46. The maximum absolute atomic E-state index is 6.61. The Hall–Kier alpha value is -3.15. The summed E-state index contributed by atoms with van der Waals surface area (Å²) >= 11 is 0. The van der Waals surface area contributed by atoms with Crippen molar-refractivity contribution in [3.05, 3.63) is 82.3 Å². The topological polar surface area (TPSA) is 56.3 Å². The molecule has 204 valence electrons. The van der Waals surface area contributed by atoms with E-state index >= 15 is 0 Å². The zero-order valence-corrected chi connectivity index (χ0v) is 23.4. The third-order valence-electron chi connectivity index (χ3n) is 9.12. The van der Waals surface area contributed by atoms with Gasteiger partial charge < -0.3 is 15.4 Å². The molecule has 1 aliphatic heterocycles. The number of hydrogen-bond acceptors (Lipinski definition) is 4. The normalized spacial score (nSPS) is 20.7. The molecule has 6 rings (SSSR count). The minimum atomic E-state index is -0.146. The van der Waals surface area contributed by atoms with Crippen LogP contribution in [0.2, 0.25) is 0 Å². The molecule has 0 unspecified atom stereocenters. The summed E-state index contributed by atoms with van der Waals surface area (Å²) in [5.74, 6) is 1.63. The maximum atomic E-state index is 6.61. The summed E-state index contributed by atoms with van der Waals surface area (Å²) in [5, 5.41) is 1.91. The smallest absolute Gasteiger partial charge is 0.117 e. The Morgan fingerprint density at radius 2 is 1.74 bits per heavy atom. The number of hydrogen-bond donors (Lipinski definition) is 1. The summed E-state index contributed by atoms with van der Waals surface area (Å²) < 4.78 is 7.84. The number of aromatic nitrogens is 2. The molecule has 0 amide bonds. The lowest BCUT2D eigenvalue weighted by atomic mass is 9.73. The predicted octanol–water partition coefficient (Wildman–Crippen LogP) is 5.39. The molecule has 2 aromatic carbocycles. The van der Waals surface area contributed by atoms with E-state index in [1.165, 1.54) is 60.9 Å². The molecule has 2 heterocycles. The van der Waals surface area contributed by atoms with Crippen molar-refractivity contribution in [3.8, 4) is 5.69 Å². The van der Waals surface area contributed by atoms with E-state index < -0.39 is 0 Å². The van der Waals surface area contributed by atoms with Gasteiger partial charge in [-0.3, -0.25) is 4.57 Å². The Morgan fingerprint density at radius 1 is 1.00 bits per heavy atom. The third-order valence-corrected chi connectivity index (χ3v) is 9.12. The van der Waals surface area contributed by atoms with Gasteiger partial charge in [-0.2, -0.15) is 0 Å². The van der Waals surface area contributed by atoms with Crippen LogP contribution in [0.4, 0.5) is 5.69 Å². The van der Waals surface area contributed by atoms with Gasteiger partial charge in [0.25, 0.3) is 0 Å². The van der Waals surface area contributed by atoms with Crippen LogP contribution in [0.15, 0.2) is 54.6 Å². The van der Waals surface area contributed by atoms with Crippen LogP contribution < -0.4 is 21.3 Å². The van der Waals surface area contributed by atoms with Gasteiger partial charge in [0, 0.05) is 35.9 Å². The molecule has 1 aromatic heterocycles. The molecule has 0 radical (unpaired) electrons. The van der Waals surface area contributed by atoms with Crippen LogP contribution in [0.3, 0.4) is 0 Å². The zero-order chi connectivity index (χ0) is 26.8. The van der Waals surface area contributed by atoms with E-state index in [2.05, 4.69) is 83.7 Å². The number of morpholine rings is 1. The van der Waals surface area contributed by atoms with E-state index in [0.717, 1.165) is 61.4 Å². The highest BCUT2D eigenvalue weighted by Gasteiger charge is 2.34. The molecule has 5 heteroatoms. The van der Waals surface area contributed by atoms with Crippen LogP contribution in [0, 0.1) is 0 Å². The van der Waals surface area contributed by atoms with E-state index in [1.54, 1.807) is 0 Å². The summed E-state index contributed by atoms with van der Waals surface area (Å²) in [7, 11) is 0. The fourth-order valence-corrected chi connectivity index (χ4v) is 6.41. The van der Waals surface area contributed by atoms with Crippen LogP contribution in [-0.2, 0) is 10.3 Å². The average molecular weight is 523 g/mol. The van der Waals surface area contributed by atoms with Crippen LogP contribution in [0.25, 0.3) is 23.9 Å². The average Bonchev–Trinajstić information content (AvgIpc) is 3.31. The molecule has 0 atom stereocenters. The van der Waals surface area contributed by atoms with Crippen LogP contribution >= 0.6 is 0 Å². The fourth-order valence-electron chi connectivity index (χ4n) is 6.41. The van der Waals surface area contributed by atoms with Crippen molar-refractivity contribution in [1.82, 2.24) is 9.55 Å². The Balaban J connectivity index is 1.34. The first-order valence-electron chi connectivity index (χ1n) is 14.8. The van der Waals surface area contributed by atoms with Crippen LogP contribution in [-0.4, -0.2) is 35.9 Å². The van der Waals surface area contributed by atoms with Gasteiger partial charge in [0.15, 0.2) is 0 Å². The molecule has 0 spiro atoms. The van der Waals surface area contributed by atoms with E-state index in [9.17, 15) is 0 Å². The standard InChI is InChI=1S/C34H42N4O/c1-25(28-10-6-11-31(24-28)37-20-22-39-23-21-37)12-17-32-26(2)38(33(36-32)27-8-4-3-5-9-27)30-15-13-29(14-16-30)34(35)18-7-19-34/h6,10-17,24,27H,2-5,7-9,18-23,35H2,1H3/b25-12+,32-17+. The highest BCUT2D eigenvalue weighted by molar-refractivity contribution is 5.72. The van der Waals surface area contributed by atoms with Gasteiger partial charge in [0.1, 0.15) is 5.82 Å². The van der Waals surface area contributed by atoms with Gasteiger partial charge in [-0.25, -0.2) is 4.98 Å². The second-order valence-electron chi connectivity index (χ2n) is 11.7. The Morgan fingerprint density at radius 3 is 2.44 bits per heavy atom. The first kappa shape index (κ1) is 26.1. The molecular weight excluding hydrogens is 480 g/mol. The lowest BCUT2D eigenvalue weighted by molar-refractivity contribution is 0.122. The van der Waals surface area contributed by atoms with Gasteiger partial charge in [0.05, 0.1) is 23.9 Å². The van der Waals surface area contributed by atoms with E-state index in [1.807, 2.05) is 0 Å². The van der Waals surface area contributed by atoms with Crippen LogP contribution in [0.5, 0.6) is 0 Å². The molecule has 1 saturated heterocycles. The van der Waals surface area contributed by atoms with Crippen molar-refractivity contribution >= 4 is 23.9 Å². The van der Waals surface area contributed by atoms with Crippen molar-refractivity contribution in [1.29, 1.82) is 0 Å². The quantitative estimate of drug-likeness (QED) is 0.472. The summed E-state index contributed by atoms with van der Waals surface area (Å²) in [5.41, 5.74) is 12.6. The van der Waals surface area contributed by atoms with Gasteiger partial charge >= 0.3 is 0 Å². The number of allylic oxidation sites excluding steroid dienone is 2. The molecule has 5 nitrogen and oxygen atoms in total. The molecule has 39 heavy (non-hydrogen) atoms. The highest BCUT2D eigenvalue weighted by Crippen LogP contribution is 2.39. The summed E-state index contributed by atoms with van der Waals surface area (Å²) in [6, 6.07) is 17.7. The highest BCUT2D eigenvalue weighted by atomic mass is 16.5. The van der Waals surface area contributed by atoms with Crippen molar-refractivity contribution in [2.75, 3.05) is 31.2 Å². The van der Waals surface area contributed by atoms with E-state index in [-0.39, 0.29) is 5.54 Å². The fraction of sp³-hybridized carbons (Fsp3) is 0.441. The minimum absolute atomic E-state index is 0.146. The van der Waals surface area contributed by atoms with E-state index in [4.69, 9.17) is 15.5 Å². The summed E-state index contributed by atoms with van der Waals surface area (Å²) in [6.07, 6.45) is 14.0. The molecular formula is C34H42N4O. The van der Waals surface area contributed by atoms with Gasteiger partial charge in [-0.1, -0.05) is 56.2 Å². The van der Waals surface area contributed by atoms with Gasteiger partial charge in [-0.15, -0.1) is 0 Å². The van der Waals surface area contributed by atoms with Crippen molar-refractivity contribution < 1.29 is 4.74 Å². The largest absolute Gasteiger partial charge is 0.378 e. The Labute approximate surface area is 232 Å². The van der Waals surface area contributed by atoms with Gasteiger partial charge in [-0.05, 0) is 86.1 Å². The number of rotatable bonds is 6. The second kappa shape index (κ2) is 11.1. The SMILES string of the molecule is C=c1/c(=C\C=C(/C)c2cccc(N3CCOCC3)c2)nc(C2CCCCC2)n1-c1ccc(C2(N)CCC2)cc1. The molecule has 3 aromatic rings. The number of anilines is 1. The lowest BCUT2D eigenvalue weighted by Crippen LogP contribution is -2.43. The van der Waals surface area contributed by atoms with Crippen LogP contribution in [0.1, 0.15) is 81.2 Å². The summed E-state index contributed by atoms with van der Waals surface area (Å²) in [4.78, 5) is 7.62. The van der Waals surface area contributed by atoms with Crippen molar-refractivity contribution in [2.24, 2.45) is 5.73 Å². The molecule has 2 aliphatic carbocycles. The predicted molar refractivity (Wildman–Crippen MR) is 161 cm³/mol. The molecule has 0 bridgehead atoms. The zero-order valence-electron chi connectivity index (χ0n) is 23.4. The van der Waals surface area contributed by atoms with Crippen molar-refractivity contribution in [3.63, 3.8) is 0 Å². The molecule has 3 aliphatic rings. The first-order valence-corrected chi connectivity index (χ1v) is 14.8. The molecule has 3 fully saturated rings. The number of nitrogens with two attached hydrogens (primary N) is 1. The number of imidazole rings is 1. The second-order valence-corrected chi connectivity index (χ2v) is 11.7. The lowest BCUT2D eigenvalue weighted by Gasteiger charge is -2.38. The molecule has 2 saturated carbocycles. The first-order chi connectivity index (χ1) is 19.0. The number of nitrogens with zero attached hydrogens (tertiary/aromatic N) is 3. The van der Waals surface area contributed by atoms with Crippen molar-refractivity contribution in [2.45, 2.75) is 69.7 Å². The van der Waals surface area contributed by atoms with E-state index in [0.29, 0.717) is 5.92 Å². The Bertz CT molecular complexity index is 1440. The monoisotopic (exact) mass is 522 g/mol. The maximum Gasteiger partial charge on any atom is 0.117 e.